The Kier molecular flexibility index (Phi) is 2.84. The molecule has 0 radical (unpaired) electrons. The van der Waals surface area contributed by atoms with Gasteiger partial charge in [-0.3, -0.25) is 4.79 Å². The van der Waals surface area contributed by atoms with Gasteiger partial charge in [-0.1, -0.05) is 0 Å². The zero-order valence-corrected chi connectivity index (χ0v) is 8.99. The predicted molar refractivity (Wildman–Crippen MR) is 57.4 cm³/mol. The fourth-order valence-electron chi connectivity index (χ4n) is 1.66. The van der Waals surface area contributed by atoms with Gasteiger partial charge in [0.2, 0.25) is 5.91 Å². The Hall–Kier alpha value is -0.870. The highest BCUT2D eigenvalue weighted by atomic mass is 32.1. The van der Waals surface area contributed by atoms with Crippen molar-refractivity contribution in [2.75, 3.05) is 13.1 Å². The summed E-state index contributed by atoms with van der Waals surface area (Å²) in [6.45, 7) is 3.59. The van der Waals surface area contributed by atoms with Crippen LogP contribution in [0.25, 0.3) is 0 Å². The van der Waals surface area contributed by atoms with Gasteiger partial charge in [0, 0.05) is 24.4 Å². The molecule has 1 aliphatic rings. The molecule has 2 N–H and O–H groups in total. The Labute approximate surface area is 87.5 Å². The number of hydrogen-bond donors (Lipinski definition) is 2. The quantitative estimate of drug-likeness (QED) is 0.731. The molecule has 0 aliphatic carbocycles. The van der Waals surface area contributed by atoms with Crippen LogP contribution >= 0.6 is 11.3 Å². The highest BCUT2D eigenvalue weighted by Gasteiger charge is 2.18. The van der Waals surface area contributed by atoms with Crippen LogP contribution in [0.1, 0.15) is 22.9 Å². The molecule has 1 aromatic rings. The second-order valence-corrected chi connectivity index (χ2v) is 4.48. The van der Waals surface area contributed by atoms with Crippen molar-refractivity contribution in [1.29, 1.82) is 0 Å². The average Bonchev–Trinajstić information content (AvgIpc) is 2.46. The second-order valence-electron chi connectivity index (χ2n) is 3.53. The molecule has 2 heterocycles. The number of thiophene rings is 1. The number of amides is 1. The third-order valence-electron chi connectivity index (χ3n) is 2.46. The number of carbonyl (C=O) groups excluding carboxylic acids is 1. The van der Waals surface area contributed by atoms with E-state index in [0.29, 0.717) is 19.0 Å². The molecule has 14 heavy (non-hydrogen) atoms. The number of aryl methyl sites for hydroxylation is 1. The van der Waals surface area contributed by atoms with Crippen molar-refractivity contribution in [2.24, 2.45) is 0 Å². The van der Waals surface area contributed by atoms with Crippen molar-refractivity contribution >= 4 is 17.2 Å². The zero-order valence-electron chi connectivity index (χ0n) is 8.17. The van der Waals surface area contributed by atoms with E-state index in [1.165, 1.54) is 10.4 Å². The third-order valence-corrected chi connectivity index (χ3v) is 3.60. The highest BCUT2D eigenvalue weighted by molar-refractivity contribution is 7.10. The molecule has 4 heteroatoms. The summed E-state index contributed by atoms with van der Waals surface area (Å²) in [5.41, 5.74) is 1.31. The third kappa shape index (κ3) is 1.96. The molecule has 1 fully saturated rings. The molecule has 1 saturated heterocycles. The summed E-state index contributed by atoms with van der Waals surface area (Å²) in [6, 6.07) is 2.41. The molecule has 0 spiro atoms. The van der Waals surface area contributed by atoms with Crippen LogP contribution in [0.2, 0.25) is 0 Å². The number of hydrogen-bond acceptors (Lipinski definition) is 3. The molecule has 3 nitrogen and oxygen atoms in total. The summed E-state index contributed by atoms with van der Waals surface area (Å²) >= 11 is 1.75. The molecule has 0 bridgehead atoms. The molecule has 1 atom stereocenters. The number of rotatable bonds is 1. The molecule has 0 aromatic carbocycles. The topological polar surface area (TPSA) is 41.1 Å². The molecule has 2 rings (SSSR count). The minimum atomic E-state index is 0.147. The molecule has 0 saturated carbocycles. The van der Waals surface area contributed by atoms with Crippen molar-refractivity contribution in [2.45, 2.75) is 19.4 Å². The van der Waals surface area contributed by atoms with Gasteiger partial charge < -0.3 is 10.6 Å². The van der Waals surface area contributed by atoms with Gasteiger partial charge in [-0.25, -0.2) is 0 Å². The minimum absolute atomic E-state index is 0.147. The van der Waals surface area contributed by atoms with E-state index < -0.39 is 0 Å². The first kappa shape index (κ1) is 9.68. The molecule has 1 unspecified atom stereocenters. The van der Waals surface area contributed by atoms with Crippen molar-refractivity contribution in [3.8, 4) is 0 Å². The van der Waals surface area contributed by atoms with Crippen LogP contribution in [0.3, 0.4) is 0 Å². The molecular formula is C10H14N2OS. The van der Waals surface area contributed by atoms with E-state index >= 15 is 0 Å². The maximum atomic E-state index is 11.1. The van der Waals surface area contributed by atoms with Gasteiger partial charge in [0.1, 0.15) is 0 Å². The van der Waals surface area contributed by atoms with Crippen LogP contribution in [-0.4, -0.2) is 19.0 Å². The van der Waals surface area contributed by atoms with Crippen molar-refractivity contribution in [1.82, 2.24) is 10.6 Å². The maximum Gasteiger partial charge on any atom is 0.221 e. The van der Waals surface area contributed by atoms with Gasteiger partial charge in [-0.2, -0.15) is 0 Å². The summed E-state index contributed by atoms with van der Waals surface area (Å²) in [5.74, 6) is 0.147. The highest BCUT2D eigenvalue weighted by Crippen LogP contribution is 2.23. The lowest BCUT2D eigenvalue weighted by molar-refractivity contribution is -0.120. The van der Waals surface area contributed by atoms with Gasteiger partial charge in [0.05, 0.1) is 6.04 Å². The minimum Gasteiger partial charge on any atom is -0.354 e. The fourth-order valence-corrected chi connectivity index (χ4v) is 2.67. The summed E-state index contributed by atoms with van der Waals surface area (Å²) in [4.78, 5) is 12.5. The smallest absolute Gasteiger partial charge is 0.221 e. The van der Waals surface area contributed by atoms with Crippen LogP contribution in [0.15, 0.2) is 11.4 Å². The lowest BCUT2D eigenvalue weighted by Gasteiger charge is -2.14. The molecule has 1 aromatic heterocycles. The first-order valence-electron chi connectivity index (χ1n) is 4.81. The van der Waals surface area contributed by atoms with Gasteiger partial charge in [-0.05, 0) is 23.9 Å². The SMILES string of the molecule is Cc1ccsc1C1CNC(=O)CCN1. The first-order valence-corrected chi connectivity index (χ1v) is 5.69. The monoisotopic (exact) mass is 210 g/mol. The van der Waals surface area contributed by atoms with Crippen LogP contribution in [0.4, 0.5) is 0 Å². The van der Waals surface area contributed by atoms with Crippen LogP contribution in [-0.2, 0) is 4.79 Å². The predicted octanol–water partition coefficient (Wildman–Crippen LogP) is 1.21. The van der Waals surface area contributed by atoms with E-state index in [0.717, 1.165) is 6.54 Å². The van der Waals surface area contributed by atoms with Gasteiger partial charge in [-0.15, -0.1) is 11.3 Å². The first-order chi connectivity index (χ1) is 6.77. The Morgan fingerprint density at radius 2 is 2.43 bits per heavy atom. The summed E-state index contributed by atoms with van der Waals surface area (Å²) in [7, 11) is 0. The van der Waals surface area contributed by atoms with Crippen molar-refractivity contribution in [3.05, 3.63) is 21.9 Å². The Morgan fingerprint density at radius 3 is 3.14 bits per heavy atom. The lowest BCUT2D eigenvalue weighted by atomic mass is 10.1. The standard InChI is InChI=1S/C10H14N2OS/c1-7-3-5-14-10(7)8-6-12-9(13)2-4-11-8/h3,5,8,11H,2,4,6H2,1H3,(H,12,13). The van der Waals surface area contributed by atoms with E-state index in [-0.39, 0.29) is 5.91 Å². The summed E-state index contributed by atoms with van der Waals surface area (Å²) in [5, 5.41) is 8.39. The Bertz CT molecular complexity index is 335. The summed E-state index contributed by atoms with van der Waals surface area (Å²) in [6.07, 6.45) is 0.584. The summed E-state index contributed by atoms with van der Waals surface area (Å²) < 4.78 is 0. The van der Waals surface area contributed by atoms with Gasteiger partial charge >= 0.3 is 0 Å². The Balaban J connectivity index is 2.11. The van der Waals surface area contributed by atoms with E-state index in [2.05, 4.69) is 29.0 Å². The molecular weight excluding hydrogens is 196 g/mol. The average molecular weight is 210 g/mol. The van der Waals surface area contributed by atoms with Crippen molar-refractivity contribution < 1.29 is 4.79 Å². The van der Waals surface area contributed by atoms with Crippen LogP contribution < -0.4 is 10.6 Å². The van der Waals surface area contributed by atoms with Crippen LogP contribution in [0, 0.1) is 6.92 Å². The molecule has 1 aliphatic heterocycles. The number of nitrogens with one attached hydrogen (secondary N) is 2. The largest absolute Gasteiger partial charge is 0.354 e. The van der Waals surface area contributed by atoms with Crippen molar-refractivity contribution in [3.63, 3.8) is 0 Å². The molecule has 76 valence electrons. The molecule has 1 amide bonds. The second kappa shape index (κ2) is 4.11. The van der Waals surface area contributed by atoms with E-state index in [1.807, 2.05) is 0 Å². The van der Waals surface area contributed by atoms with Gasteiger partial charge in [0.25, 0.3) is 0 Å². The van der Waals surface area contributed by atoms with E-state index in [1.54, 1.807) is 11.3 Å². The van der Waals surface area contributed by atoms with E-state index in [4.69, 9.17) is 0 Å². The van der Waals surface area contributed by atoms with Gasteiger partial charge in [0.15, 0.2) is 0 Å². The van der Waals surface area contributed by atoms with E-state index in [9.17, 15) is 4.79 Å². The lowest BCUT2D eigenvalue weighted by Crippen LogP contribution is -2.28. The maximum absolute atomic E-state index is 11.1. The normalized spacial score (nSPS) is 22.9. The number of carbonyl (C=O) groups is 1. The zero-order chi connectivity index (χ0) is 9.97. The fraction of sp³-hybridized carbons (Fsp3) is 0.500. The Morgan fingerprint density at radius 1 is 1.57 bits per heavy atom. The van der Waals surface area contributed by atoms with Crippen LogP contribution in [0.5, 0.6) is 0 Å².